The predicted molar refractivity (Wildman–Crippen MR) is 42.8 cm³/mol. The van der Waals surface area contributed by atoms with E-state index in [4.69, 9.17) is 5.90 Å². The monoisotopic (exact) mass is 152 g/mol. The molecule has 0 atom stereocenters. The molecule has 1 rings (SSSR count). The van der Waals surface area contributed by atoms with Crippen LogP contribution in [0.2, 0.25) is 0 Å². The smallest absolute Gasteiger partial charge is 0.0734 e. The molecular weight excluding hydrogens is 140 g/mol. The molecule has 0 saturated heterocycles. The molecule has 0 fully saturated rings. The fourth-order valence-electron chi connectivity index (χ4n) is 0.810. The Hall–Kier alpha value is -0.930. The highest BCUT2D eigenvalue weighted by molar-refractivity contribution is 5.12. The van der Waals surface area contributed by atoms with Crippen LogP contribution in [0.4, 0.5) is 0 Å². The van der Waals surface area contributed by atoms with Gasteiger partial charge in [0, 0.05) is 18.3 Å². The lowest BCUT2D eigenvalue weighted by atomic mass is 10.2. The summed E-state index contributed by atoms with van der Waals surface area (Å²) in [5.74, 6) is 4.88. The number of aromatic nitrogens is 1. The Labute approximate surface area is 66.2 Å². The van der Waals surface area contributed by atoms with Crippen LogP contribution in [0, 0.1) is 6.92 Å². The van der Waals surface area contributed by atoms with E-state index in [0.717, 1.165) is 12.1 Å². The molecule has 0 amide bonds. The summed E-state index contributed by atoms with van der Waals surface area (Å²) in [5.41, 5.74) is 2.18. The summed E-state index contributed by atoms with van der Waals surface area (Å²) in [5, 5.41) is 0. The highest BCUT2D eigenvalue weighted by atomic mass is 16.6. The van der Waals surface area contributed by atoms with E-state index >= 15 is 0 Å². The van der Waals surface area contributed by atoms with Crippen molar-refractivity contribution < 1.29 is 4.84 Å². The van der Waals surface area contributed by atoms with Gasteiger partial charge in [0.1, 0.15) is 0 Å². The minimum atomic E-state index is 0.524. The van der Waals surface area contributed by atoms with Gasteiger partial charge in [-0.2, -0.15) is 0 Å². The third-order valence-corrected chi connectivity index (χ3v) is 1.45. The van der Waals surface area contributed by atoms with E-state index in [9.17, 15) is 0 Å². The molecule has 0 aliphatic rings. The summed E-state index contributed by atoms with van der Waals surface area (Å²) in [6.07, 6.45) is 2.61. The third-order valence-electron chi connectivity index (χ3n) is 1.45. The number of nitrogens with zero attached hydrogens (tertiary/aromatic N) is 1. The second-order valence-electron chi connectivity index (χ2n) is 2.45. The first-order chi connectivity index (χ1) is 5.33. The van der Waals surface area contributed by atoms with Crippen LogP contribution in [0.3, 0.4) is 0 Å². The van der Waals surface area contributed by atoms with Gasteiger partial charge in [0.2, 0.25) is 0 Å². The first kappa shape index (κ1) is 8.17. The molecule has 3 nitrogen and oxygen atoms in total. The number of hydrogen-bond donors (Lipinski definition) is 1. The van der Waals surface area contributed by atoms with Crippen molar-refractivity contribution in [1.29, 1.82) is 0 Å². The van der Waals surface area contributed by atoms with E-state index < -0.39 is 0 Å². The second kappa shape index (κ2) is 4.05. The van der Waals surface area contributed by atoms with Gasteiger partial charge in [-0.25, -0.2) is 5.90 Å². The summed E-state index contributed by atoms with van der Waals surface area (Å²) < 4.78 is 0. The molecule has 0 unspecified atom stereocenters. The first-order valence-corrected chi connectivity index (χ1v) is 3.56. The van der Waals surface area contributed by atoms with Crippen molar-refractivity contribution in [2.24, 2.45) is 5.90 Å². The number of aryl methyl sites for hydroxylation is 1. The fraction of sp³-hybridized carbons (Fsp3) is 0.375. The van der Waals surface area contributed by atoms with Crippen molar-refractivity contribution in [3.63, 3.8) is 0 Å². The summed E-state index contributed by atoms with van der Waals surface area (Å²) in [6.45, 7) is 2.53. The molecule has 0 saturated carbocycles. The van der Waals surface area contributed by atoms with Crippen LogP contribution in [0.15, 0.2) is 18.3 Å². The van der Waals surface area contributed by atoms with E-state index in [1.807, 2.05) is 25.3 Å². The van der Waals surface area contributed by atoms with Crippen LogP contribution >= 0.6 is 0 Å². The van der Waals surface area contributed by atoms with Crippen LogP contribution < -0.4 is 5.90 Å². The molecule has 0 aliphatic heterocycles. The first-order valence-electron chi connectivity index (χ1n) is 3.56. The van der Waals surface area contributed by atoms with E-state index in [1.54, 1.807) is 0 Å². The van der Waals surface area contributed by atoms with Crippen molar-refractivity contribution in [3.05, 3.63) is 29.6 Å². The summed E-state index contributed by atoms with van der Waals surface area (Å²) >= 11 is 0. The third kappa shape index (κ3) is 2.65. The number of rotatable bonds is 3. The molecule has 3 heteroatoms. The molecule has 0 radical (unpaired) electrons. The molecule has 11 heavy (non-hydrogen) atoms. The molecular formula is C8H12N2O. The molecule has 1 heterocycles. The van der Waals surface area contributed by atoms with Crippen molar-refractivity contribution in [1.82, 2.24) is 4.98 Å². The molecule has 0 bridgehead atoms. The zero-order valence-corrected chi connectivity index (χ0v) is 6.58. The standard InChI is InChI=1S/C8H12N2O/c1-7-2-3-8(10-6-7)4-5-11-9/h2-3,6H,4-5,9H2,1H3. The van der Waals surface area contributed by atoms with E-state index in [-0.39, 0.29) is 0 Å². The zero-order chi connectivity index (χ0) is 8.10. The van der Waals surface area contributed by atoms with Gasteiger partial charge in [0.15, 0.2) is 0 Å². The molecule has 60 valence electrons. The van der Waals surface area contributed by atoms with Gasteiger partial charge in [-0.05, 0) is 18.6 Å². The van der Waals surface area contributed by atoms with Crippen LogP contribution in [0.5, 0.6) is 0 Å². The lowest BCUT2D eigenvalue weighted by Crippen LogP contribution is -2.04. The minimum absolute atomic E-state index is 0.524. The van der Waals surface area contributed by atoms with Gasteiger partial charge in [-0.1, -0.05) is 6.07 Å². The lowest BCUT2D eigenvalue weighted by molar-refractivity contribution is 0.140. The summed E-state index contributed by atoms with van der Waals surface area (Å²) in [4.78, 5) is 8.62. The Kier molecular flexibility index (Phi) is 3.01. The fourth-order valence-corrected chi connectivity index (χ4v) is 0.810. The van der Waals surface area contributed by atoms with Crippen molar-refractivity contribution in [3.8, 4) is 0 Å². The Morgan fingerprint density at radius 1 is 1.55 bits per heavy atom. The molecule has 0 aliphatic carbocycles. The highest BCUT2D eigenvalue weighted by Crippen LogP contribution is 1.98. The van der Waals surface area contributed by atoms with Crippen LogP contribution in [0.1, 0.15) is 11.3 Å². The predicted octanol–water partition coefficient (Wildman–Crippen LogP) is 0.823. The van der Waals surface area contributed by atoms with Crippen molar-refractivity contribution in [2.45, 2.75) is 13.3 Å². The summed E-state index contributed by atoms with van der Waals surface area (Å²) in [7, 11) is 0. The van der Waals surface area contributed by atoms with Gasteiger partial charge < -0.3 is 4.84 Å². The van der Waals surface area contributed by atoms with Gasteiger partial charge in [0.25, 0.3) is 0 Å². The van der Waals surface area contributed by atoms with Crippen molar-refractivity contribution >= 4 is 0 Å². The van der Waals surface area contributed by atoms with Gasteiger partial charge >= 0.3 is 0 Å². The SMILES string of the molecule is Cc1ccc(CCON)nc1. The molecule has 1 aromatic heterocycles. The molecule has 2 N–H and O–H groups in total. The Morgan fingerprint density at radius 2 is 2.36 bits per heavy atom. The molecule has 0 spiro atoms. The van der Waals surface area contributed by atoms with Gasteiger partial charge in [-0.3, -0.25) is 4.98 Å². The van der Waals surface area contributed by atoms with E-state index in [2.05, 4.69) is 9.82 Å². The van der Waals surface area contributed by atoms with Crippen molar-refractivity contribution in [2.75, 3.05) is 6.61 Å². The number of nitrogens with two attached hydrogens (primary N) is 1. The molecule has 1 aromatic rings. The quantitative estimate of drug-likeness (QED) is 0.652. The Morgan fingerprint density at radius 3 is 2.91 bits per heavy atom. The average molecular weight is 152 g/mol. The normalized spacial score (nSPS) is 10.0. The second-order valence-corrected chi connectivity index (χ2v) is 2.45. The average Bonchev–Trinajstić information content (AvgIpc) is 2.04. The minimum Gasteiger partial charge on any atom is -0.304 e. The largest absolute Gasteiger partial charge is 0.304 e. The van der Waals surface area contributed by atoms with Gasteiger partial charge in [0.05, 0.1) is 6.61 Å². The van der Waals surface area contributed by atoms with Crippen LogP contribution in [-0.2, 0) is 11.3 Å². The number of pyridine rings is 1. The Bertz CT molecular complexity index is 208. The topological polar surface area (TPSA) is 48.1 Å². The highest BCUT2D eigenvalue weighted by Gasteiger charge is 1.92. The zero-order valence-electron chi connectivity index (χ0n) is 6.58. The van der Waals surface area contributed by atoms with Crippen LogP contribution in [0.25, 0.3) is 0 Å². The van der Waals surface area contributed by atoms with Gasteiger partial charge in [-0.15, -0.1) is 0 Å². The number of hydrogen-bond acceptors (Lipinski definition) is 3. The van der Waals surface area contributed by atoms with E-state index in [0.29, 0.717) is 6.61 Å². The van der Waals surface area contributed by atoms with Crippen LogP contribution in [-0.4, -0.2) is 11.6 Å². The maximum absolute atomic E-state index is 4.88. The Balaban J connectivity index is 2.52. The van der Waals surface area contributed by atoms with E-state index in [1.165, 1.54) is 5.56 Å². The molecule has 0 aromatic carbocycles. The maximum atomic E-state index is 4.88. The summed E-state index contributed by atoms with van der Waals surface area (Å²) in [6, 6.07) is 4.01. The maximum Gasteiger partial charge on any atom is 0.0734 e. The lowest BCUT2D eigenvalue weighted by Gasteiger charge is -1.98.